The molecule has 1 aliphatic carbocycles. The lowest BCUT2D eigenvalue weighted by Gasteiger charge is -2.20. The van der Waals surface area contributed by atoms with Crippen LogP contribution in [0.15, 0.2) is 47.4 Å². The van der Waals surface area contributed by atoms with Gasteiger partial charge in [-0.25, -0.2) is 8.42 Å². The van der Waals surface area contributed by atoms with E-state index in [0.717, 1.165) is 30.5 Å². The molecule has 1 saturated carbocycles. The average Bonchev–Trinajstić information content (AvgIpc) is 3.25. The Kier molecular flexibility index (Phi) is 2.93. The fraction of sp³-hybridized carbons (Fsp3) is 0.250. The summed E-state index contributed by atoms with van der Waals surface area (Å²) < 4.78 is 27.4. The number of para-hydroxylation sites is 1. The number of fused-ring (bicyclic) bond motifs is 2. The number of nitro groups is 1. The molecule has 24 heavy (non-hydrogen) atoms. The van der Waals surface area contributed by atoms with Crippen molar-refractivity contribution >= 4 is 21.4 Å². The number of rotatable bonds is 3. The van der Waals surface area contributed by atoms with Gasteiger partial charge in [-0.1, -0.05) is 18.2 Å². The Morgan fingerprint density at radius 3 is 2.54 bits per heavy atom. The van der Waals surface area contributed by atoms with Crippen molar-refractivity contribution in [3.8, 4) is 5.75 Å². The van der Waals surface area contributed by atoms with Crippen molar-refractivity contribution in [1.82, 2.24) is 0 Å². The molecule has 0 amide bonds. The molecule has 2 aromatic carbocycles. The predicted octanol–water partition coefficient (Wildman–Crippen LogP) is 2.54. The molecule has 1 spiro atoms. The number of phenols is 1. The summed E-state index contributed by atoms with van der Waals surface area (Å²) in [5, 5.41) is 20.5. The molecule has 124 valence electrons. The van der Waals surface area contributed by atoms with Gasteiger partial charge in [0.15, 0.2) is 5.75 Å². The quantitative estimate of drug-likeness (QED) is 0.680. The van der Waals surface area contributed by atoms with Crippen LogP contribution in [0.4, 0.5) is 11.4 Å². The molecular formula is C16H14N2O5S. The largest absolute Gasteiger partial charge is 0.502 e. The molecule has 4 rings (SSSR count). The minimum atomic E-state index is -3.94. The van der Waals surface area contributed by atoms with E-state index in [2.05, 4.69) is 0 Å². The van der Waals surface area contributed by atoms with Crippen LogP contribution in [0.5, 0.6) is 5.75 Å². The van der Waals surface area contributed by atoms with Crippen LogP contribution >= 0.6 is 0 Å². The average molecular weight is 346 g/mol. The first-order valence-electron chi connectivity index (χ1n) is 7.45. The number of aromatic hydroxyl groups is 1. The van der Waals surface area contributed by atoms with E-state index in [1.54, 1.807) is 12.1 Å². The minimum absolute atomic E-state index is 0.119. The molecule has 1 aliphatic heterocycles. The Labute approximate surface area is 138 Å². The summed E-state index contributed by atoms with van der Waals surface area (Å²) in [5.41, 5.74) is 0.907. The fourth-order valence-corrected chi connectivity index (χ4v) is 4.91. The van der Waals surface area contributed by atoms with E-state index in [-0.39, 0.29) is 10.3 Å². The molecular weight excluding hydrogens is 332 g/mol. The first-order valence-corrected chi connectivity index (χ1v) is 8.89. The first-order chi connectivity index (χ1) is 11.3. The van der Waals surface area contributed by atoms with Crippen molar-refractivity contribution in [2.45, 2.75) is 23.2 Å². The molecule has 0 saturated heterocycles. The summed E-state index contributed by atoms with van der Waals surface area (Å²) >= 11 is 0. The highest BCUT2D eigenvalue weighted by molar-refractivity contribution is 7.92. The van der Waals surface area contributed by atoms with Gasteiger partial charge in [0.1, 0.15) is 0 Å². The third-order valence-electron chi connectivity index (χ3n) is 4.78. The van der Waals surface area contributed by atoms with Crippen LogP contribution in [0, 0.1) is 10.1 Å². The van der Waals surface area contributed by atoms with E-state index in [1.165, 1.54) is 10.4 Å². The van der Waals surface area contributed by atoms with Gasteiger partial charge in [0.25, 0.3) is 10.0 Å². The molecule has 1 heterocycles. The Morgan fingerprint density at radius 2 is 1.88 bits per heavy atom. The van der Waals surface area contributed by atoms with Crippen molar-refractivity contribution in [3.05, 3.63) is 58.1 Å². The summed E-state index contributed by atoms with van der Waals surface area (Å²) in [4.78, 5) is 9.98. The summed E-state index contributed by atoms with van der Waals surface area (Å²) in [6, 6.07) is 10.5. The Bertz CT molecular complexity index is 966. The maximum absolute atomic E-state index is 13.0. The van der Waals surface area contributed by atoms with Gasteiger partial charge >= 0.3 is 5.69 Å². The summed E-state index contributed by atoms with van der Waals surface area (Å²) in [6.07, 6.45) is 1.87. The zero-order valence-electron chi connectivity index (χ0n) is 12.5. The lowest BCUT2D eigenvalue weighted by molar-refractivity contribution is -0.386. The lowest BCUT2D eigenvalue weighted by Crippen LogP contribution is -2.31. The van der Waals surface area contributed by atoms with Crippen molar-refractivity contribution in [1.29, 1.82) is 0 Å². The van der Waals surface area contributed by atoms with Crippen LogP contribution in [-0.2, 0) is 15.4 Å². The first kappa shape index (κ1) is 14.9. The van der Waals surface area contributed by atoms with Crippen LogP contribution in [0.25, 0.3) is 0 Å². The maximum Gasteiger partial charge on any atom is 0.312 e. The van der Waals surface area contributed by atoms with Gasteiger partial charge in [-0.15, -0.1) is 0 Å². The second-order valence-electron chi connectivity index (χ2n) is 6.22. The molecule has 2 aromatic rings. The molecule has 0 unspecified atom stereocenters. The third kappa shape index (κ3) is 1.99. The number of phenolic OH excluding ortho intramolecular Hbond substituents is 1. The monoisotopic (exact) mass is 346 g/mol. The molecule has 8 heteroatoms. The Balaban J connectivity index is 1.83. The molecule has 0 radical (unpaired) electrons. The summed E-state index contributed by atoms with van der Waals surface area (Å²) in [6.45, 7) is 0.351. The van der Waals surface area contributed by atoms with Gasteiger partial charge in [-0.3, -0.25) is 14.4 Å². The molecule has 2 aliphatic rings. The van der Waals surface area contributed by atoms with Gasteiger partial charge in [0, 0.05) is 18.0 Å². The van der Waals surface area contributed by atoms with Gasteiger partial charge in [0.2, 0.25) is 0 Å². The number of benzene rings is 2. The van der Waals surface area contributed by atoms with E-state index < -0.39 is 26.4 Å². The SMILES string of the molecule is O=[N+]([O-])c1cc(S(=O)(=O)N2CC3(CC3)c3ccccc32)ccc1O. The lowest BCUT2D eigenvalue weighted by atomic mass is 9.99. The highest BCUT2D eigenvalue weighted by Crippen LogP contribution is 2.57. The van der Waals surface area contributed by atoms with Gasteiger partial charge < -0.3 is 5.11 Å². The van der Waals surface area contributed by atoms with Crippen LogP contribution in [0.1, 0.15) is 18.4 Å². The Morgan fingerprint density at radius 1 is 1.17 bits per heavy atom. The normalized spacial score (nSPS) is 17.8. The maximum atomic E-state index is 13.0. The second kappa shape index (κ2) is 4.70. The van der Waals surface area contributed by atoms with Crippen molar-refractivity contribution < 1.29 is 18.4 Å². The Hall–Kier alpha value is -2.61. The molecule has 0 bridgehead atoms. The number of anilines is 1. The number of nitro benzene ring substituents is 1. The molecule has 7 nitrogen and oxygen atoms in total. The van der Waals surface area contributed by atoms with Crippen LogP contribution in [0.2, 0.25) is 0 Å². The second-order valence-corrected chi connectivity index (χ2v) is 8.08. The zero-order valence-corrected chi connectivity index (χ0v) is 13.4. The molecule has 0 atom stereocenters. The van der Waals surface area contributed by atoms with Gasteiger partial charge in [-0.2, -0.15) is 0 Å². The van der Waals surface area contributed by atoms with E-state index in [4.69, 9.17) is 0 Å². The third-order valence-corrected chi connectivity index (χ3v) is 6.53. The molecule has 0 aromatic heterocycles. The van der Waals surface area contributed by atoms with Gasteiger partial charge in [0.05, 0.1) is 15.5 Å². The number of hydrogen-bond acceptors (Lipinski definition) is 5. The van der Waals surface area contributed by atoms with E-state index in [9.17, 15) is 23.6 Å². The highest BCUT2D eigenvalue weighted by Gasteiger charge is 2.54. The van der Waals surface area contributed by atoms with E-state index in [1.807, 2.05) is 12.1 Å². The number of hydrogen-bond donors (Lipinski definition) is 1. The zero-order chi connectivity index (χ0) is 17.1. The standard InChI is InChI=1S/C16H14N2O5S/c19-15-6-5-11(9-14(15)18(20)21)24(22,23)17-10-16(7-8-16)12-3-1-2-4-13(12)17/h1-6,9,19H,7-8,10H2. The van der Waals surface area contributed by atoms with Crippen LogP contribution < -0.4 is 4.31 Å². The smallest absolute Gasteiger partial charge is 0.312 e. The van der Waals surface area contributed by atoms with Crippen molar-refractivity contribution in [3.63, 3.8) is 0 Å². The van der Waals surface area contributed by atoms with Crippen molar-refractivity contribution in [2.24, 2.45) is 0 Å². The van der Waals surface area contributed by atoms with E-state index in [0.29, 0.717) is 12.2 Å². The van der Waals surface area contributed by atoms with Gasteiger partial charge in [-0.05, 0) is 36.6 Å². The highest BCUT2D eigenvalue weighted by atomic mass is 32.2. The molecule has 1 fully saturated rings. The van der Waals surface area contributed by atoms with Crippen LogP contribution in [0.3, 0.4) is 0 Å². The summed E-state index contributed by atoms with van der Waals surface area (Å²) in [5.74, 6) is -0.556. The molecule has 1 N–H and O–H groups in total. The van der Waals surface area contributed by atoms with Crippen molar-refractivity contribution in [2.75, 3.05) is 10.8 Å². The number of sulfonamides is 1. The van der Waals surface area contributed by atoms with Crippen LogP contribution in [-0.4, -0.2) is 25.0 Å². The fourth-order valence-electron chi connectivity index (χ4n) is 3.31. The summed E-state index contributed by atoms with van der Waals surface area (Å²) in [7, 11) is -3.94. The minimum Gasteiger partial charge on any atom is -0.502 e. The predicted molar refractivity (Wildman–Crippen MR) is 86.6 cm³/mol. The number of nitrogens with zero attached hydrogens (tertiary/aromatic N) is 2. The topological polar surface area (TPSA) is 101 Å². The van der Waals surface area contributed by atoms with E-state index >= 15 is 0 Å².